The van der Waals surface area contributed by atoms with Crippen LogP contribution >= 0.6 is 12.4 Å². The average Bonchev–Trinajstić information content (AvgIpc) is 2.40. The Bertz CT molecular complexity index is 471. The molecule has 0 radical (unpaired) electrons. The number of rotatable bonds is 4. The first-order valence-corrected chi connectivity index (χ1v) is 6.77. The van der Waals surface area contributed by atoms with Crippen LogP contribution in [0.4, 0.5) is 5.69 Å². The van der Waals surface area contributed by atoms with Crippen LogP contribution in [-0.4, -0.2) is 24.8 Å². The van der Waals surface area contributed by atoms with Gasteiger partial charge in [0, 0.05) is 17.7 Å². The van der Waals surface area contributed by atoms with E-state index in [1.165, 1.54) is 6.92 Å². The van der Waals surface area contributed by atoms with Crippen molar-refractivity contribution in [1.82, 2.24) is 5.32 Å². The minimum absolute atomic E-state index is 0. The standard InChI is InChI=1S/C15H20N2O2.ClH/c1-11(18)13-3-2-4-14(10-13)17-15(19)9-12-5-7-16-8-6-12;/h2-4,10,12,16H,5-9H2,1H3,(H,17,19);1H. The van der Waals surface area contributed by atoms with Crippen LogP contribution in [0.2, 0.25) is 0 Å². The third kappa shape index (κ3) is 4.94. The normalized spacial score (nSPS) is 15.2. The highest BCUT2D eigenvalue weighted by molar-refractivity contribution is 5.97. The molecule has 110 valence electrons. The lowest BCUT2D eigenvalue weighted by Crippen LogP contribution is -2.30. The van der Waals surface area contributed by atoms with Gasteiger partial charge in [-0.3, -0.25) is 9.59 Å². The van der Waals surface area contributed by atoms with Crippen LogP contribution in [-0.2, 0) is 4.79 Å². The summed E-state index contributed by atoms with van der Waals surface area (Å²) in [6.45, 7) is 3.52. The van der Waals surface area contributed by atoms with Crippen LogP contribution in [0.25, 0.3) is 0 Å². The molecule has 5 heteroatoms. The summed E-state index contributed by atoms with van der Waals surface area (Å²) in [5.74, 6) is 0.513. The summed E-state index contributed by atoms with van der Waals surface area (Å²) in [4.78, 5) is 23.2. The monoisotopic (exact) mass is 296 g/mol. The Morgan fingerprint density at radius 3 is 2.65 bits per heavy atom. The molecule has 1 aliphatic rings. The summed E-state index contributed by atoms with van der Waals surface area (Å²) in [5.41, 5.74) is 1.33. The number of Topliss-reactive ketones (excluding diaryl/α,β-unsaturated/α-hetero) is 1. The van der Waals surface area contributed by atoms with Crippen LogP contribution < -0.4 is 10.6 Å². The van der Waals surface area contributed by atoms with Gasteiger partial charge in [-0.2, -0.15) is 0 Å². The zero-order valence-electron chi connectivity index (χ0n) is 11.6. The van der Waals surface area contributed by atoms with Crippen molar-refractivity contribution in [3.05, 3.63) is 29.8 Å². The van der Waals surface area contributed by atoms with Gasteiger partial charge in [0.2, 0.25) is 5.91 Å². The molecule has 0 aliphatic carbocycles. The fraction of sp³-hybridized carbons (Fsp3) is 0.467. The largest absolute Gasteiger partial charge is 0.326 e. The number of carbonyl (C=O) groups excluding carboxylic acids is 2. The molecule has 1 amide bonds. The highest BCUT2D eigenvalue weighted by atomic mass is 35.5. The predicted octanol–water partition coefficient (Wildman–Crippen LogP) is 2.64. The number of amides is 1. The Labute approximate surface area is 125 Å². The second-order valence-electron chi connectivity index (χ2n) is 5.08. The van der Waals surface area contributed by atoms with Crippen molar-refractivity contribution in [2.75, 3.05) is 18.4 Å². The number of piperidine rings is 1. The van der Waals surface area contributed by atoms with Gasteiger partial charge in [0.15, 0.2) is 5.78 Å². The van der Waals surface area contributed by atoms with Gasteiger partial charge in [0.25, 0.3) is 0 Å². The molecule has 0 atom stereocenters. The maximum atomic E-state index is 11.9. The molecular formula is C15H21ClN2O2. The van der Waals surface area contributed by atoms with E-state index in [9.17, 15) is 9.59 Å². The van der Waals surface area contributed by atoms with Crippen LogP contribution in [0.3, 0.4) is 0 Å². The van der Waals surface area contributed by atoms with Gasteiger partial charge in [-0.15, -0.1) is 12.4 Å². The van der Waals surface area contributed by atoms with E-state index in [2.05, 4.69) is 10.6 Å². The number of carbonyl (C=O) groups is 2. The predicted molar refractivity (Wildman–Crippen MR) is 82.5 cm³/mol. The van der Waals surface area contributed by atoms with Crippen molar-refractivity contribution in [2.24, 2.45) is 5.92 Å². The second kappa shape index (κ2) is 8.02. The zero-order valence-corrected chi connectivity index (χ0v) is 12.5. The lowest BCUT2D eigenvalue weighted by Gasteiger charge is -2.21. The molecule has 1 fully saturated rings. The topological polar surface area (TPSA) is 58.2 Å². The number of anilines is 1. The Kier molecular flexibility index (Phi) is 6.68. The molecular weight excluding hydrogens is 276 g/mol. The third-order valence-corrected chi connectivity index (χ3v) is 3.49. The van der Waals surface area contributed by atoms with Crippen LogP contribution in [0.5, 0.6) is 0 Å². The molecule has 4 nitrogen and oxygen atoms in total. The molecule has 1 aliphatic heterocycles. The highest BCUT2D eigenvalue weighted by Gasteiger charge is 2.16. The minimum Gasteiger partial charge on any atom is -0.326 e. The third-order valence-electron chi connectivity index (χ3n) is 3.49. The Balaban J connectivity index is 0.00000200. The number of ketones is 1. The van der Waals surface area contributed by atoms with Gasteiger partial charge in [0.1, 0.15) is 0 Å². The van der Waals surface area contributed by atoms with Crippen molar-refractivity contribution in [3.63, 3.8) is 0 Å². The number of halogens is 1. The average molecular weight is 297 g/mol. The minimum atomic E-state index is 0. The summed E-state index contributed by atoms with van der Waals surface area (Å²) >= 11 is 0. The molecule has 1 heterocycles. The number of hydrogen-bond donors (Lipinski definition) is 2. The maximum Gasteiger partial charge on any atom is 0.224 e. The first-order chi connectivity index (χ1) is 9.15. The smallest absolute Gasteiger partial charge is 0.224 e. The first-order valence-electron chi connectivity index (χ1n) is 6.77. The van der Waals surface area contributed by atoms with Crippen LogP contribution in [0.1, 0.15) is 36.5 Å². The summed E-state index contributed by atoms with van der Waals surface area (Å²) in [6, 6.07) is 7.08. The van der Waals surface area contributed by atoms with Crippen molar-refractivity contribution in [2.45, 2.75) is 26.2 Å². The number of nitrogens with one attached hydrogen (secondary N) is 2. The van der Waals surface area contributed by atoms with Crippen LogP contribution in [0, 0.1) is 5.92 Å². The highest BCUT2D eigenvalue weighted by Crippen LogP contribution is 2.17. The van der Waals surface area contributed by atoms with E-state index in [-0.39, 0.29) is 24.1 Å². The van der Waals surface area contributed by atoms with E-state index in [0.717, 1.165) is 25.9 Å². The van der Waals surface area contributed by atoms with E-state index < -0.39 is 0 Å². The molecule has 1 aromatic rings. The molecule has 1 saturated heterocycles. The SMILES string of the molecule is CC(=O)c1cccc(NC(=O)CC2CCNCC2)c1.Cl. The van der Waals surface area contributed by atoms with Gasteiger partial charge >= 0.3 is 0 Å². The Morgan fingerprint density at radius 1 is 1.30 bits per heavy atom. The van der Waals surface area contributed by atoms with E-state index in [1.807, 2.05) is 6.07 Å². The molecule has 0 aromatic heterocycles. The fourth-order valence-electron chi connectivity index (χ4n) is 2.38. The summed E-state index contributed by atoms with van der Waals surface area (Å²) in [5, 5.41) is 6.16. The van der Waals surface area contributed by atoms with E-state index in [0.29, 0.717) is 23.6 Å². The molecule has 0 spiro atoms. The second-order valence-corrected chi connectivity index (χ2v) is 5.08. The molecule has 1 aromatic carbocycles. The molecule has 0 unspecified atom stereocenters. The molecule has 2 N–H and O–H groups in total. The summed E-state index contributed by atoms with van der Waals surface area (Å²) in [6.07, 6.45) is 2.67. The molecule has 0 bridgehead atoms. The lowest BCUT2D eigenvalue weighted by atomic mass is 9.94. The van der Waals surface area contributed by atoms with Crippen LogP contribution in [0.15, 0.2) is 24.3 Å². The van der Waals surface area contributed by atoms with E-state index in [4.69, 9.17) is 0 Å². The lowest BCUT2D eigenvalue weighted by molar-refractivity contribution is -0.117. The van der Waals surface area contributed by atoms with Gasteiger partial charge in [-0.05, 0) is 50.9 Å². The quantitative estimate of drug-likeness (QED) is 0.840. The molecule has 2 rings (SSSR count). The fourth-order valence-corrected chi connectivity index (χ4v) is 2.38. The Hall–Kier alpha value is -1.39. The zero-order chi connectivity index (χ0) is 13.7. The molecule has 20 heavy (non-hydrogen) atoms. The number of hydrogen-bond acceptors (Lipinski definition) is 3. The van der Waals surface area contributed by atoms with Gasteiger partial charge in [0.05, 0.1) is 0 Å². The summed E-state index contributed by atoms with van der Waals surface area (Å²) in [7, 11) is 0. The van der Waals surface area contributed by atoms with Gasteiger partial charge in [-0.25, -0.2) is 0 Å². The van der Waals surface area contributed by atoms with Crippen molar-refractivity contribution >= 4 is 29.8 Å². The maximum absolute atomic E-state index is 11.9. The van der Waals surface area contributed by atoms with Crippen molar-refractivity contribution in [1.29, 1.82) is 0 Å². The number of benzene rings is 1. The van der Waals surface area contributed by atoms with Crippen molar-refractivity contribution < 1.29 is 9.59 Å². The van der Waals surface area contributed by atoms with E-state index in [1.54, 1.807) is 18.2 Å². The Morgan fingerprint density at radius 2 is 2.00 bits per heavy atom. The first kappa shape index (κ1) is 16.7. The van der Waals surface area contributed by atoms with Crippen molar-refractivity contribution in [3.8, 4) is 0 Å². The molecule has 0 saturated carbocycles. The van der Waals surface area contributed by atoms with E-state index >= 15 is 0 Å². The van der Waals surface area contributed by atoms with Gasteiger partial charge in [-0.1, -0.05) is 12.1 Å². The van der Waals surface area contributed by atoms with Gasteiger partial charge < -0.3 is 10.6 Å². The summed E-state index contributed by atoms with van der Waals surface area (Å²) < 4.78 is 0.